The van der Waals surface area contributed by atoms with Crippen LogP contribution in [-0.2, 0) is 5.41 Å². The van der Waals surface area contributed by atoms with E-state index >= 15 is 0 Å². The van der Waals surface area contributed by atoms with Gasteiger partial charge in [-0.05, 0) is 79.9 Å². The predicted molar refractivity (Wildman–Crippen MR) is 230 cm³/mol. The molecule has 0 saturated carbocycles. The first-order chi connectivity index (χ1) is 27.8. The van der Waals surface area contributed by atoms with Gasteiger partial charge in [-0.3, -0.25) is 4.57 Å². The van der Waals surface area contributed by atoms with Crippen molar-refractivity contribution in [2.24, 2.45) is 0 Å². The van der Waals surface area contributed by atoms with Crippen LogP contribution in [-0.4, -0.2) is 14.5 Å². The lowest BCUT2D eigenvalue weighted by molar-refractivity contribution is 0.769. The molecule has 3 heteroatoms. The van der Waals surface area contributed by atoms with E-state index in [1.807, 2.05) is 12.3 Å². The Bertz CT molecular complexity index is 3020. The fraction of sp³-hybridized carbons (Fsp3) is 0.0189. The Kier molecular flexibility index (Phi) is 7.39. The summed E-state index contributed by atoms with van der Waals surface area (Å²) in [7, 11) is 0. The molecular formula is C53H35N3. The second kappa shape index (κ2) is 12.9. The minimum absolute atomic E-state index is 0.508. The number of hydrogen-bond donors (Lipinski definition) is 0. The highest BCUT2D eigenvalue weighted by Gasteiger charge is 2.46. The zero-order valence-electron chi connectivity index (χ0n) is 30.5. The minimum Gasteiger partial charge on any atom is -0.278 e. The Morgan fingerprint density at radius 2 is 0.946 bits per heavy atom. The SMILES string of the molecule is c1ccc(-c2ccc(-c3cccc(-c4ccnc(-n5c6ccccc6c6ccc(C7(c8ccccc8)c8ccccc8-c8ccccc87)cc65)n4)c3)cc2)cc1. The van der Waals surface area contributed by atoms with Crippen LogP contribution in [0.4, 0.5) is 0 Å². The van der Waals surface area contributed by atoms with Gasteiger partial charge >= 0.3 is 0 Å². The van der Waals surface area contributed by atoms with Crippen molar-refractivity contribution in [3.63, 3.8) is 0 Å². The first-order valence-corrected chi connectivity index (χ1v) is 19.2. The molecular weight excluding hydrogens is 679 g/mol. The fourth-order valence-electron chi connectivity index (χ4n) is 9.09. The average molecular weight is 714 g/mol. The molecule has 0 amide bonds. The van der Waals surface area contributed by atoms with Crippen molar-refractivity contribution in [2.45, 2.75) is 5.41 Å². The Hall–Kier alpha value is -7.36. The summed E-state index contributed by atoms with van der Waals surface area (Å²) in [5, 5.41) is 2.34. The van der Waals surface area contributed by atoms with Crippen molar-refractivity contribution in [2.75, 3.05) is 0 Å². The van der Waals surface area contributed by atoms with E-state index in [0.717, 1.165) is 33.4 Å². The van der Waals surface area contributed by atoms with Gasteiger partial charge in [-0.2, -0.15) is 0 Å². The van der Waals surface area contributed by atoms with Gasteiger partial charge in [0.15, 0.2) is 0 Å². The van der Waals surface area contributed by atoms with Crippen LogP contribution in [0.5, 0.6) is 0 Å². The first-order valence-electron chi connectivity index (χ1n) is 19.2. The van der Waals surface area contributed by atoms with E-state index in [9.17, 15) is 0 Å². The molecule has 3 nitrogen and oxygen atoms in total. The molecule has 10 aromatic rings. The van der Waals surface area contributed by atoms with Gasteiger partial charge in [-0.1, -0.05) is 182 Å². The number of rotatable bonds is 6. The van der Waals surface area contributed by atoms with E-state index in [4.69, 9.17) is 9.97 Å². The number of hydrogen-bond acceptors (Lipinski definition) is 2. The van der Waals surface area contributed by atoms with E-state index < -0.39 is 5.41 Å². The smallest absolute Gasteiger partial charge is 0.235 e. The largest absolute Gasteiger partial charge is 0.278 e. The Balaban J connectivity index is 1.08. The van der Waals surface area contributed by atoms with E-state index in [-0.39, 0.29) is 0 Å². The quantitative estimate of drug-likeness (QED) is 0.172. The molecule has 0 spiro atoms. The molecule has 1 aliphatic carbocycles. The van der Waals surface area contributed by atoms with Crippen LogP contribution >= 0.6 is 0 Å². The van der Waals surface area contributed by atoms with Crippen molar-refractivity contribution in [3.05, 3.63) is 235 Å². The molecule has 0 saturated heterocycles. The standard InChI is InChI=1S/C53H35N3/c1-3-14-36(15-4-1)37-26-28-38(29-27-37)39-16-13-17-40(34-39)49-32-33-54-52(55-49)56-50-25-12-9-22-45(50)46-31-30-42(35-51(46)56)53(41-18-5-2-6-19-41)47-23-10-7-20-43(47)44-21-8-11-24-48(44)53/h1-35H. The molecule has 8 aromatic carbocycles. The van der Waals surface area contributed by atoms with Crippen LogP contribution in [0.25, 0.3) is 72.4 Å². The third-order valence-corrected chi connectivity index (χ3v) is 11.6. The van der Waals surface area contributed by atoms with Gasteiger partial charge in [0.1, 0.15) is 0 Å². The molecule has 0 aliphatic heterocycles. The average Bonchev–Trinajstić information content (AvgIpc) is 3.78. The normalized spacial score (nSPS) is 12.8. The Labute approximate surface area is 325 Å². The molecule has 0 N–H and O–H groups in total. The maximum atomic E-state index is 5.30. The summed E-state index contributed by atoms with van der Waals surface area (Å²) in [5.41, 5.74) is 15.9. The Morgan fingerprint density at radius 1 is 0.375 bits per heavy atom. The van der Waals surface area contributed by atoms with Crippen molar-refractivity contribution < 1.29 is 0 Å². The Morgan fingerprint density at radius 3 is 1.70 bits per heavy atom. The lowest BCUT2D eigenvalue weighted by Crippen LogP contribution is -2.28. The van der Waals surface area contributed by atoms with Crippen molar-refractivity contribution in [1.82, 2.24) is 14.5 Å². The minimum atomic E-state index is -0.508. The summed E-state index contributed by atoms with van der Waals surface area (Å²) in [6.07, 6.45) is 1.89. The molecule has 2 aromatic heterocycles. The second-order valence-corrected chi connectivity index (χ2v) is 14.6. The van der Waals surface area contributed by atoms with Gasteiger partial charge in [-0.15, -0.1) is 0 Å². The zero-order valence-corrected chi connectivity index (χ0v) is 30.5. The molecule has 1 aliphatic rings. The highest BCUT2D eigenvalue weighted by molar-refractivity contribution is 6.09. The summed E-state index contributed by atoms with van der Waals surface area (Å²) < 4.78 is 2.25. The number of benzene rings is 8. The van der Waals surface area contributed by atoms with Crippen molar-refractivity contribution >= 4 is 21.8 Å². The van der Waals surface area contributed by atoms with Crippen molar-refractivity contribution in [3.8, 4) is 50.6 Å². The molecule has 262 valence electrons. The second-order valence-electron chi connectivity index (χ2n) is 14.6. The lowest BCUT2D eigenvalue weighted by Gasteiger charge is -2.34. The van der Waals surface area contributed by atoms with E-state index in [1.54, 1.807) is 0 Å². The molecule has 56 heavy (non-hydrogen) atoms. The molecule has 0 radical (unpaired) electrons. The lowest BCUT2D eigenvalue weighted by atomic mass is 9.67. The number of aromatic nitrogens is 3. The number of para-hydroxylation sites is 1. The monoisotopic (exact) mass is 713 g/mol. The van der Waals surface area contributed by atoms with E-state index in [1.165, 1.54) is 55.3 Å². The number of nitrogens with zero attached hydrogens (tertiary/aromatic N) is 3. The topological polar surface area (TPSA) is 30.7 Å². The zero-order chi connectivity index (χ0) is 37.1. The summed E-state index contributed by atoms with van der Waals surface area (Å²) in [6.45, 7) is 0. The summed E-state index contributed by atoms with van der Waals surface area (Å²) in [5.74, 6) is 0.643. The third kappa shape index (κ3) is 4.91. The first kappa shape index (κ1) is 32.1. The predicted octanol–water partition coefficient (Wildman–Crippen LogP) is 12.9. The maximum Gasteiger partial charge on any atom is 0.235 e. The summed E-state index contributed by atoms with van der Waals surface area (Å²) >= 11 is 0. The van der Waals surface area contributed by atoms with Gasteiger partial charge in [0, 0.05) is 22.5 Å². The van der Waals surface area contributed by atoms with Crippen LogP contribution in [0.1, 0.15) is 22.3 Å². The van der Waals surface area contributed by atoms with Gasteiger partial charge in [0.05, 0.1) is 22.1 Å². The van der Waals surface area contributed by atoms with E-state index in [2.05, 4.69) is 205 Å². The van der Waals surface area contributed by atoms with Crippen LogP contribution in [0.3, 0.4) is 0 Å². The molecule has 0 unspecified atom stereocenters. The highest BCUT2D eigenvalue weighted by atomic mass is 15.2. The summed E-state index contributed by atoms with van der Waals surface area (Å²) in [6, 6.07) is 74.3. The van der Waals surface area contributed by atoms with Crippen LogP contribution in [0, 0.1) is 0 Å². The van der Waals surface area contributed by atoms with Crippen molar-refractivity contribution in [1.29, 1.82) is 0 Å². The molecule has 0 bridgehead atoms. The van der Waals surface area contributed by atoms with Crippen LogP contribution in [0.2, 0.25) is 0 Å². The molecule has 0 fully saturated rings. The highest BCUT2D eigenvalue weighted by Crippen LogP contribution is 2.56. The molecule has 2 heterocycles. The molecule has 0 atom stereocenters. The third-order valence-electron chi connectivity index (χ3n) is 11.6. The van der Waals surface area contributed by atoms with Gasteiger partial charge in [0.25, 0.3) is 0 Å². The van der Waals surface area contributed by atoms with E-state index in [0.29, 0.717) is 5.95 Å². The van der Waals surface area contributed by atoms with Crippen LogP contribution in [0.15, 0.2) is 212 Å². The number of fused-ring (bicyclic) bond motifs is 6. The molecule has 11 rings (SSSR count). The fourth-order valence-corrected chi connectivity index (χ4v) is 9.09. The van der Waals surface area contributed by atoms with Crippen LogP contribution < -0.4 is 0 Å². The van der Waals surface area contributed by atoms with Gasteiger partial charge < -0.3 is 0 Å². The summed E-state index contributed by atoms with van der Waals surface area (Å²) in [4.78, 5) is 10.3. The maximum absolute atomic E-state index is 5.30. The van der Waals surface area contributed by atoms with Gasteiger partial charge in [-0.25, -0.2) is 9.97 Å². The van der Waals surface area contributed by atoms with Gasteiger partial charge in [0.2, 0.25) is 5.95 Å².